The largest absolute Gasteiger partial charge is 0.460 e. The van der Waals surface area contributed by atoms with Crippen LogP contribution in [-0.4, -0.2) is 42.1 Å². The SMILES string of the molecule is C=C(C)C(=O)OCC1C(CNc2ccccc2)N(C(C)c2ccccc2)C(=O)N1c1ccccc1. The molecule has 35 heavy (non-hydrogen) atoms. The highest BCUT2D eigenvalue weighted by Crippen LogP contribution is 2.36. The van der Waals surface area contributed by atoms with Gasteiger partial charge in [-0.15, -0.1) is 0 Å². The van der Waals surface area contributed by atoms with Crippen LogP contribution in [-0.2, 0) is 9.53 Å². The van der Waals surface area contributed by atoms with E-state index in [2.05, 4.69) is 11.9 Å². The van der Waals surface area contributed by atoms with Crippen molar-refractivity contribution in [2.45, 2.75) is 32.0 Å². The number of nitrogens with zero attached hydrogens (tertiary/aromatic N) is 2. The van der Waals surface area contributed by atoms with Crippen LogP contribution in [0.4, 0.5) is 16.2 Å². The molecule has 3 aromatic carbocycles. The zero-order valence-electron chi connectivity index (χ0n) is 20.1. The Bertz CT molecular complexity index is 1150. The van der Waals surface area contributed by atoms with Crippen molar-refractivity contribution in [2.24, 2.45) is 0 Å². The topological polar surface area (TPSA) is 61.9 Å². The Kier molecular flexibility index (Phi) is 7.51. The maximum Gasteiger partial charge on any atom is 0.333 e. The Hall–Kier alpha value is -4.06. The molecule has 1 saturated heterocycles. The fourth-order valence-corrected chi connectivity index (χ4v) is 4.48. The van der Waals surface area contributed by atoms with E-state index in [9.17, 15) is 9.59 Å². The van der Waals surface area contributed by atoms with E-state index in [1.54, 1.807) is 11.8 Å². The molecule has 0 aliphatic carbocycles. The van der Waals surface area contributed by atoms with Crippen molar-refractivity contribution >= 4 is 23.4 Å². The predicted octanol–water partition coefficient (Wildman–Crippen LogP) is 5.66. The first-order chi connectivity index (χ1) is 17.0. The molecule has 1 aliphatic rings. The van der Waals surface area contributed by atoms with Crippen molar-refractivity contribution in [1.29, 1.82) is 0 Å². The Morgan fingerprint density at radius 2 is 1.51 bits per heavy atom. The van der Waals surface area contributed by atoms with Gasteiger partial charge in [0.15, 0.2) is 0 Å². The van der Waals surface area contributed by atoms with Crippen molar-refractivity contribution in [1.82, 2.24) is 4.90 Å². The Balaban J connectivity index is 1.72. The number of anilines is 2. The number of hydrogen-bond acceptors (Lipinski definition) is 4. The lowest BCUT2D eigenvalue weighted by atomic mass is 10.0. The molecule has 6 nitrogen and oxygen atoms in total. The summed E-state index contributed by atoms with van der Waals surface area (Å²) in [5, 5.41) is 3.48. The van der Waals surface area contributed by atoms with Gasteiger partial charge < -0.3 is 15.0 Å². The number of nitrogens with one attached hydrogen (secondary N) is 1. The highest BCUT2D eigenvalue weighted by molar-refractivity contribution is 5.96. The van der Waals surface area contributed by atoms with Crippen molar-refractivity contribution < 1.29 is 14.3 Å². The third-order valence-electron chi connectivity index (χ3n) is 6.32. The van der Waals surface area contributed by atoms with Gasteiger partial charge in [-0.2, -0.15) is 0 Å². The van der Waals surface area contributed by atoms with Gasteiger partial charge in [0.2, 0.25) is 0 Å². The van der Waals surface area contributed by atoms with Gasteiger partial charge in [-0.1, -0.05) is 73.3 Å². The average molecular weight is 470 g/mol. The number of rotatable bonds is 9. The first kappa shape index (κ1) is 24.1. The monoisotopic (exact) mass is 469 g/mol. The Morgan fingerprint density at radius 3 is 2.11 bits per heavy atom. The van der Waals surface area contributed by atoms with Gasteiger partial charge in [0, 0.05) is 23.5 Å². The molecule has 3 unspecified atom stereocenters. The van der Waals surface area contributed by atoms with E-state index < -0.39 is 12.0 Å². The molecule has 0 aromatic heterocycles. The highest BCUT2D eigenvalue weighted by Gasteiger charge is 2.49. The molecule has 1 N–H and O–H groups in total. The first-order valence-electron chi connectivity index (χ1n) is 11.8. The van der Waals surface area contributed by atoms with Crippen LogP contribution in [0.3, 0.4) is 0 Å². The molecular formula is C29H31N3O3. The zero-order chi connectivity index (χ0) is 24.8. The summed E-state index contributed by atoms with van der Waals surface area (Å²) >= 11 is 0. The van der Waals surface area contributed by atoms with Crippen LogP contribution in [0.25, 0.3) is 0 Å². The number of benzene rings is 3. The molecule has 0 spiro atoms. The molecule has 1 fully saturated rings. The van der Waals surface area contributed by atoms with Gasteiger partial charge in [-0.3, -0.25) is 4.90 Å². The lowest BCUT2D eigenvalue weighted by Crippen LogP contribution is -2.46. The molecule has 180 valence electrons. The van der Waals surface area contributed by atoms with Crippen molar-refractivity contribution in [3.63, 3.8) is 0 Å². The second-order valence-corrected chi connectivity index (χ2v) is 8.74. The van der Waals surface area contributed by atoms with Gasteiger partial charge >= 0.3 is 12.0 Å². The van der Waals surface area contributed by atoms with E-state index >= 15 is 0 Å². The number of ether oxygens (including phenoxy) is 1. The van der Waals surface area contributed by atoms with Gasteiger partial charge in [0.1, 0.15) is 6.61 Å². The maximum atomic E-state index is 14.0. The lowest BCUT2D eigenvalue weighted by Gasteiger charge is -2.32. The van der Waals surface area contributed by atoms with E-state index in [0.717, 1.165) is 16.9 Å². The van der Waals surface area contributed by atoms with Crippen LogP contribution in [0.5, 0.6) is 0 Å². The molecule has 2 amide bonds. The second kappa shape index (κ2) is 10.9. The third kappa shape index (κ3) is 5.38. The van der Waals surface area contributed by atoms with Crippen LogP contribution in [0, 0.1) is 0 Å². The molecular weight excluding hydrogens is 438 g/mol. The minimum absolute atomic E-state index is 0.0610. The molecule has 1 aliphatic heterocycles. The summed E-state index contributed by atoms with van der Waals surface area (Å²) in [6.45, 7) is 7.90. The van der Waals surface area contributed by atoms with Gasteiger partial charge in [-0.05, 0) is 43.7 Å². The van der Waals surface area contributed by atoms with E-state index in [-0.39, 0.29) is 24.7 Å². The van der Waals surface area contributed by atoms with Crippen LogP contribution in [0.1, 0.15) is 25.5 Å². The Labute approximate surface area is 206 Å². The van der Waals surface area contributed by atoms with E-state index in [1.165, 1.54) is 0 Å². The highest BCUT2D eigenvalue weighted by atomic mass is 16.5. The van der Waals surface area contributed by atoms with E-state index in [4.69, 9.17) is 4.74 Å². The fourth-order valence-electron chi connectivity index (χ4n) is 4.48. The molecule has 1 heterocycles. The van der Waals surface area contributed by atoms with Crippen LogP contribution < -0.4 is 10.2 Å². The van der Waals surface area contributed by atoms with Crippen LogP contribution in [0.15, 0.2) is 103 Å². The van der Waals surface area contributed by atoms with E-state index in [0.29, 0.717) is 12.1 Å². The lowest BCUT2D eigenvalue weighted by molar-refractivity contribution is -0.139. The summed E-state index contributed by atoms with van der Waals surface area (Å²) in [5.41, 5.74) is 3.09. The Morgan fingerprint density at radius 1 is 0.943 bits per heavy atom. The van der Waals surface area contributed by atoms with Crippen molar-refractivity contribution in [2.75, 3.05) is 23.4 Å². The summed E-state index contributed by atoms with van der Waals surface area (Å²) in [7, 11) is 0. The fraction of sp³-hybridized carbons (Fsp3) is 0.241. The molecule has 3 aromatic rings. The minimum atomic E-state index is -0.463. The number of esters is 1. The quantitative estimate of drug-likeness (QED) is 0.325. The number of carbonyl (C=O) groups is 2. The third-order valence-corrected chi connectivity index (χ3v) is 6.32. The molecule has 0 radical (unpaired) electrons. The number of urea groups is 1. The summed E-state index contributed by atoms with van der Waals surface area (Å²) in [6, 6.07) is 28.4. The summed E-state index contributed by atoms with van der Waals surface area (Å²) in [6.07, 6.45) is 0. The molecule has 4 rings (SSSR count). The maximum absolute atomic E-state index is 14.0. The number of para-hydroxylation sites is 2. The summed E-state index contributed by atoms with van der Waals surface area (Å²) in [4.78, 5) is 29.9. The predicted molar refractivity (Wildman–Crippen MR) is 139 cm³/mol. The first-order valence-corrected chi connectivity index (χ1v) is 11.8. The number of carbonyl (C=O) groups excluding carboxylic acids is 2. The molecule has 0 bridgehead atoms. The average Bonchev–Trinajstić information content (AvgIpc) is 3.17. The van der Waals surface area contributed by atoms with Gasteiger partial charge in [0.25, 0.3) is 0 Å². The number of amides is 2. The smallest absolute Gasteiger partial charge is 0.333 e. The second-order valence-electron chi connectivity index (χ2n) is 8.74. The van der Waals surface area contributed by atoms with Crippen LogP contribution >= 0.6 is 0 Å². The molecule has 0 saturated carbocycles. The summed E-state index contributed by atoms with van der Waals surface area (Å²) < 4.78 is 5.62. The van der Waals surface area contributed by atoms with Crippen molar-refractivity contribution in [3.8, 4) is 0 Å². The molecule has 6 heteroatoms. The van der Waals surface area contributed by atoms with Crippen LogP contribution in [0.2, 0.25) is 0 Å². The number of hydrogen-bond donors (Lipinski definition) is 1. The molecule has 3 atom stereocenters. The minimum Gasteiger partial charge on any atom is -0.460 e. The van der Waals surface area contributed by atoms with Crippen molar-refractivity contribution in [3.05, 3.63) is 109 Å². The summed E-state index contributed by atoms with van der Waals surface area (Å²) in [5.74, 6) is -0.463. The zero-order valence-corrected chi connectivity index (χ0v) is 20.1. The normalized spacial score (nSPS) is 18.3. The van der Waals surface area contributed by atoms with Gasteiger partial charge in [0.05, 0.1) is 18.1 Å². The van der Waals surface area contributed by atoms with E-state index in [1.807, 2.05) is 103 Å². The standard InChI is InChI=1S/C29H31N3O3/c1-21(2)28(33)35-20-27-26(19-30-24-15-9-5-10-16-24)31(22(3)23-13-7-4-8-14-23)29(34)32(27)25-17-11-6-12-18-25/h4-18,22,26-27,30H,1,19-20H2,2-3H3. The van der Waals surface area contributed by atoms with Gasteiger partial charge in [-0.25, -0.2) is 9.59 Å².